The number of nitrogens with zero attached hydrogens (tertiary/aromatic N) is 1. The predicted octanol–water partition coefficient (Wildman–Crippen LogP) is 1.17. The van der Waals surface area contributed by atoms with E-state index in [0.29, 0.717) is 24.4 Å². The maximum Gasteiger partial charge on any atom is 0.303 e. The minimum absolute atomic E-state index is 0.312. The van der Waals surface area contributed by atoms with Gasteiger partial charge in [-0.3, -0.25) is 9.69 Å². The Morgan fingerprint density at radius 2 is 2.18 bits per heavy atom. The van der Waals surface area contributed by atoms with E-state index < -0.39 is 5.97 Å². The number of carbonyl (C=O) groups is 1. The smallest absolute Gasteiger partial charge is 0.303 e. The minimum Gasteiger partial charge on any atom is -0.481 e. The Morgan fingerprint density at radius 1 is 1.41 bits per heavy atom. The zero-order valence-corrected chi connectivity index (χ0v) is 10.9. The Hall–Kier alpha value is -0.610. The fourth-order valence-electron chi connectivity index (χ4n) is 3.31. The van der Waals surface area contributed by atoms with Crippen molar-refractivity contribution in [3.63, 3.8) is 0 Å². The lowest BCUT2D eigenvalue weighted by Crippen LogP contribution is -2.56. The van der Waals surface area contributed by atoms with Crippen molar-refractivity contribution in [1.82, 2.24) is 10.2 Å². The zero-order valence-electron chi connectivity index (χ0n) is 10.9. The number of piperidine rings is 1. The van der Waals surface area contributed by atoms with Crippen LogP contribution in [0.4, 0.5) is 0 Å². The maximum absolute atomic E-state index is 10.8. The van der Waals surface area contributed by atoms with Crippen LogP contribution in [0, 0.1) is 11.8 Å². The number of carboxylic acid groups (broad SMARTS) is 1. The van der Waals surface area contributed by atoms with Gasteiger partial charge in [-0.05, 0) is 38.1 Å². The van der Waals surface area contributed by atoms with Crippen LogP contribution in [0.2, 0.25) is 0 Å². The summed E-state index contributed by atoms with van der Waals surface area (Å²) in [7, 11) is 1.98. The Morgan fingerprint density at radius 3 is 2.65 bits per heavy atom. The van der Waals surface area contributed by atoms with Crippen LogP contribution in [0.15, 0.2) is 0 Å². The van der Waals surface area contributed by atoms with Gasteiger partial charge in [0.25, 0.3) is 0 Å². The van der Waals surface area contributed by atoms with Gasteiger partial charge in [0.05, 0.1) is 0 Å². The first-order chi connectivity index (χ1) is 8.10. The largest absolute Gasteiger partial charge is 0.481 e. The van der Waals surface area contributed by atoms with E-state index in [1.165, 1.54) is 12.8 Å². The molecule has 0 aromatic rings. The van der Waals surface area contributed by atoms with Crippen molar-refractivity contribution in [3.05, 3.63) is 0 Å². The molecule has 98 valence electrons. The first kappa shape index (κ1) is 12.8. The van der Waals surface area contributed by atoms with Crippen LogP contribution < -0.4 is 5.32 Å². The fraction of sp³-hybridized carbons (Fsp3) is 0.923. The monoisotopic (exact) mass is 240 g/mol. The van der Waals surface area contributed by atoms with Crippen LogP contribution in [0.5, 0.6) is 0 Å². The predicted molar refractivity (Wildman–Crippen MR) is 67.0 cm³/mol. The Balaban J connectivity index is 1.94. The highest BCUT2D eigenvalue weighted by Crippen LogP contribution is 2.34. The normalized spacial score (nSPS) is 38.7. The third-order valence-corrected chi connectivity index (χ3v) is 4.48. The van der Waals surface area contributed by atoms with Gasteiger partial charge in [0.2, 0.25) is 0 Å². The van der Waals surface area contributed by atoms with Gasteiger partial charge in [0.1, 0.15) is 0 Å². The van der Waals surface area contributed by atoms with E-state index in [-0.39, 0.29) is 0 Å². The average molecular weight is 240 g/mol. The Kier molecular flexibility index (Phi) is 4.05. The molecule has 4 atom stereocenters. The van der Waals surface area contributed by atoms with Crippen molar-refractivity contribution in [1.29, 1.82) is 0 Å². The van der Waals surface area contributed by atoms with E-state index in [2.05, 4.69) is 17.1 Å². The van der Waals surface area contributed by atoms with Crippen molar-refractivity contribution < 1.29 is 9.90 Å². The number of likely N-dealkylation sites (tertiary alicyclic amines) is 1. The van der Waals surface area contributed by atoms with Gasteiger partial charge in [-0.2, -0.15) is 0 Å². The molecule has 0 aromatic carbocycles. The summed E-state index contributed by atoms with van der Waals surface area (Å²) < 4.78 is 0. The van der Waals surface area contributed by atoms with Gasteiger partial charge < -0.3 is 10.4 Å². The average Bonchev–Trinajstić information content (AvgIpc) is 2.25. The third-order valence-electron chi connectivity index (χ3n) is 4.48. The molecule has 17 heavy (non-hydrogen) atoms. The van der Waals surface area contributed by atoms with Gasteiger partial charge >= 0.3 is 5.97 Å². The number of likely N-dealkylation sites (N-methyl/N-ethyl adjacent to an activating group) is 1. The van der Waals surface area contributed by atoms with Crippen molar-refractivity contribution in [2.75, 3.05) is 20.1 Å². The van der Waals surface area contributed by atoms with Crippen LogP contribution in [-0.2, 0) is 4.79 Å². The van der Waals surface area contributed by atoms with Gasteiger partial charge in [-0.25, -0.2) is 0 Å². The topological polar surface area (TPSA) is 52.6 Å². The summed E-state index contributed by atoms with van der Waals surface area (Å²) in [6.07, 6.45) is 3.93. The lowest BCUT2D eigenvalue weighted by Gasteiger charge is -2.48. The molecule has 1 saturated heterocycles. The molecule has 2 rings (SSSR count). The molecule has 1 saturated carbocycles. The molecule has 2 N–H and O–H groups in total. The van der Waals surface area contributed by atoms with E-state index in [4.69, 9.17) is 5.11 Å². The number of rotatable bonds is 4. The van der Waals surface area contributed by atoms with Crippen molar-refractivity contribution in [2.24, 2.45) is 11.8 Å². The summed E-state index contributed by atoms with van der Waals surface area (Å²) in [6.45, 7) is 4.37. The van der Waals surface area contributed by atoms with Crippen LogP contribution in [0.1, 0.15) is 32.6 Å². The molecule has 4 nitrogen and oxygen atoms in total. The second kappa shape index (κ2) is 5.36. The molecule has 1 aliphatic carbocycles. The number of carboxylic acids is 1. The minimum atomic E-state index is -0.659. The molecular formula is C13H24N2O2. The van der Waals surface area contributed by atoms with Gasteiger partial charge in [-0.1, -0.05) is 6.92 Å². The summed E-state index contributed by atoms with van der Waals surface area (Å²) in [5.74, 6) is 0.441. The molecule has 0 amide bonds. The van der Waals surface area contributed by atoms with Gasteiger partial charge in [-0.15, -0.1) is 0 Å². The zero-order chi connectivity index (χ0) is 12.4. The molecule has 4 unspecified atom stereocenters. The first-order valence-electron chi connectivity index (χ1n) is 6.73. The van der Waals surface area contributed by atoms with Crippen LogP contribution >= 0.6 is 0 Å². The molecule has 4 heteroatoms. The van der Waals surface area contributed by atoms with Crippen LogP contribution in [-0.4, -0.2) is 48.2 Å². The van der Waals surface area contributed by atoms with Crippen molar-refractivity contribution >= 4 is 5.97 Å². The van der Waals surface area contributed by atoms with Crippen LogP contribution in [0.3, 0.4) is 0 Å². The lowest BCUT2D eigenvalue weighted by molar-refractivity contribution is -0.138. The Labute approximate surface area is 103 Å². The van der Waals surface area contributed by atoms with E-state index >= 15 is 0 Å². The van der Waals surface area contributed by atoms with E-state index in [1.807, 2.05) is 7.05 Å². The summed E-state index contributed by atoms with van der Waals surface area (Å²) >= 11 is 0. The number of hydrogen-bond acceptors (Lipinski definition) is 3. The van der Waals surface area contributed by atoms with Gasteiger partial charge in [0, 0.05) is 31.6 Å². The highest BCUT2D eigenvalue weighted by Gasteiger charge is 2.37. The summed E-state index contributed by atoms with van der Waals surface area (Å²) in [6, 6.07) is 1.16. The van der Waals surface area contributed by atoms with Crippen molar-refractivity contribution in [3.8, 4) is 0 Å². The standard InChI is InChI=1S/C13H24N2O2/c1-9-3-4-12(9)15-7-10(6-13(16)17)5-11(8-15)14-2/h9-12,14H,3-8H2,1-2H3,(H,16,17). The second-order valence-electron chi connectivity index (χ2n) is 5.76. The second-order valence-corrected chi connectivity index (χ2v) is 5.76. The molecule has 1 aliphatic heterocycles. The van der Waals surface area contributed by atoms with Crippen molar-refractivity contribution in [2.45, 2.75) is 44.7 Å². The molecule has 0 radical (unpaired) electrons. The van der Waals surface area contributed by atoms with Crippen LogP contribution in [0.25, 0.3) is 0 Å². The molecule has 1 heterocycles. The summed E-state index contributed by atoms with van der Waals surface area (Å²) in [5, 5.41) is 12.3. The van der Waals surface area contributed by atoms with E-state index in [9.17, 15) is 4.79 Å². The lowest BCUT2D eigenvalue weighted by atomic mass is 9.78. The quantitative estimate of drug-likeness (QED) is 0.774. The highest BCUT2D eigenvalue weighted by molar-refractivity contribution is 5.67. The van der Waals surface area contributed by atoms with Gasteiger partial charge in [0.15, 0.2) is 0 Å². The highest BCUT2D eigenvalue weighted by atomic mass is 16.4. The number of aliphatic carboxylic acids is 1. The molecule has 0 aromatic heterocycles. The summed E-state index contributed by atoms with van der Waals surface area (Å²) in [4.78, 5) is 13.4. The first-order valence-corrected chi connectivity index (χ1v) is 6.73. The molecule has 0 bridgehead atoms. The molecule has 0 spiro atoms. The third kappa shape index (κ3) is 2.99. The SMILES string of the molecule is CNC1CC(CC(=O)O)CN(C2CCC2C)C1. The molecular weight excluding hydrogens is 216 g/mol. The molecule has 2 fully saturated rings. The maximum atomic E-state index is 10.8. The summed E-state index contributed by atoms with van der Waals surface area (Å²) in [5.41, 5.74) is 0. The van der Waals surface area contributed by atoms with E-state index in [0.717, 1.165) is 25.4 Å². The number of hydrogen-bond donors (Lipinski definition) is 2. The molecule has 2 aliphatic rings. The Bertz CT molecular complexity index is 283. The fourth-order valence-corrected chi connectivity index (χ4v) is 3.31. The van der Waals surface area contributed by atoms with E-state index in [1.54, 1.807) is 0 Å². The number of nitrogens with one attached hydrogen (secondary N) is 1.